The number of nitrogens with one attached hydrogen (secondary N) is 1. The van der Waals surface area contributed by atoms with Gasteiger partial charge in [0.05, 0.1) is 25.0 Å². The standard InChI is InChI=1S/C12H18N4O4/c17-11(9-16-8-10(7-14-16)12(18)19)13-1-2-15-3-5-20-6-4-15/h7-8H,1-6,9H2,(H,13,17)(H,18,19). The fourth-order valence-corrected chi connectivity index (χ4v) is 1.94. The van der Waals surface area contributed by atoms with E-state index in [0.717, 1.165) is 32.8 Å². The molecule has 1 aromatic heterocycles. The number of hydrogen-bond acceptors (Lipinski definition) is 5. The second-order valence-corrected chi connectivity index (χ2v) is 4.54. The lowest BCUT2D eigenvalue weighted by molar-refractivity contribution is -0.121. The molecule has 8 heteroatoms. The summed E-state index contributed by atoms with van der Waals surface area (Å²) in [6.07, 6.45) is 2.56. The van der Waals surface area contributed by atoms with Crippen LogP contribution >= 0.6 is 0 Å². The number of hydrogen-bond donors (Lipinski definition) is 2. The third-order valence-electron chi connectivity index (χ3n) is 3.04. The zero-order valence-electron chi connectivity index (χ0n) is 11.1. The average Bonchev–Trinajstić information content (AvgIpc) is 2.88. The van der Waals surface area contributed by atoms with Crippen LogP contribution in [0.4, 0.5) is 0 Å². The molecule has 1 aliphatic rings. The summed E-state index contributed by atoms with van der Waals surface area (Å²) in [5, 5.41) is 15.4. The predicted octanol–water partition coefficient (Wildman–Crippen LogP) is -0.970. The van der Waals surface area contributed by atoms with Crippen molar-refractivity contribution >= 4 is 11.9 Å². The maximum atomic E-state index is 11.7. The molecule has 8 nitrogen and oxygen atoms in total. The molecule has 2 rings (SSSR count). The van der Waals surface area contributed by atoms with E-state index < -0.39 is 5.97 Å². The average molecular weight is 282 g/mol. The van der Waals surface area contributed by atoms with Crippen molar-refractivity contribution in [3.05, 3.63) is 18.0 Å². The summed E-state index contributed by atoms with van der Waals surface area (Å²) in [4.78, 5) is 24.6. The maximum Gasteiger partial charge on any atom is 0.338 e. The molecule has 0 saturated carbocycles. The first-order valence-electron chi connectivity index (χ1n) is 6.47. The molecule has 2 heterocycles. The van der Waals surface area contributed by atoms with Crippen molar-refractivity contribution in [3.63, 3.8) is 0 Å². The highest BCUT2D eigenvalue weighted by atomic mass is 16.5. The van der Waals surface area contributed by atoms with Crippen molar-refractivity contribution in [2.45, 2.75) is 6.54 Å². The molecule has 2 N–H and O–H groups in total. The summed E-state index contributed by atoms with van der Waals surface area (Å²) in [6, 6.07) is 0. The molecular weight excluding hydrogens is 264 g/mol. The summed E-state index contributed by atoms with van der Waals surface area (Å²) in [5.41, 5.74) is 0.0751. The number of carboxylic acids is 1. The van der Waals surface area contributed by atoms with Crippen molar-refractivity contribution in [1.82, 2.24) is 20.0 Å². The minimum absolute atomic E-state index is 0.0242. The summed E-state index contributed by atoms with van der Waals surface area (Å²) in [7, 11) is 0. The number of carbonyl (C=O) groups excluding carboxylic acids is 1. The van der Waals surface area contributed by atoms with E-state index in [1.807, 2.05) is 0 Å². The number of aromatic nitrogens is 2. The van der Waals surface area contributed by atoms with Crippen LogP contribution in [0.25, 0.3) is 0 Å². The van der Waals surface area contributed by atoms with Crippen LogP contribution in [-0.4, -0.2) is 71.1 Å². The number of ether oxygens (including phenoxy) is 1. The van der Waals surface area contributed by atoms with Crippen LogP contribution in [0.1, 0.15) is 10.4 Å². The van der Waals surface area contributed by atoms with Gasteiger partial charge in [-0.2, -0.15) is 5.10 Å². The molecule has 1 amide bonds. The maximum absolute atomic E-state index is 11.7. The van der Waals surface area contributed by atoms with Gasteiger partial charge < -0.3 is 15.2 Å². The Hall–Kier alpha value is -1.93. The number of amides is 1. The van der Waals surface area contributed by atoms with Gasteiger partial charge >= 0.3 is 5.97 Å². The van der Waals surface area contributed by atoms with E-state index in [0.29, 0.717) is 6.54 Å². The van der Waals surface area contributed by atoms with E-state index in [-0.39, 0.29) is 18.0 Å². The van der Waals surface area contributed by atoms with Crippen LogP contribution in [0.3, 0.4) is 0 Å². The Labute approximate surface area is 116 Å². The lowest BCUT2D eigenvalue weighted by Gasteiger charge is -2.26. The number of aromatic carboxylic acids is 1. The Balaban J connectivity index is 1.67. The van der Waals surface area contributed by atoms with Gasteiger partial charge in [0.2, 0.25) is 5.91 Å². The molecule has 110 valence electrons. The minimum Gasteiger partial charge on any atom is -0.478 e. The highest BCUT2D eigenvalue weighted by Crippen LogP contribution is 1.97. The summed E-state index contributed by atoms with van der Waals surface area (Å²) >= 11 is 0. The predicted molar refractivity (Wildman–Crippen MR) is 69.5 cm³/mol. The Morgan fingerprint density at radius 3 is 2.80 bits per heavy atom. The van der Waals surface area contributed by atoms with Gasteiger partial charge in [-0.1, -0.05) is 0 Å². The van der Waals surface area contributed by atoms with Crippen LogP contribution in [0.5, 0.6) is 0 Å². The molecule has 0 unspecified atom stereocenters. The van der Waals surface area contributed by atoms with Crippen LogP contribution in [0, 0.1) is 0 Å². The van der Waals surface area contributed by atoms with Gasteiger partial charge in [-0.05, 0) is 0 Å². The molecule has 0 aliphatic carbocycles. The van der Waals surface area contributed by atoms with Crippen molar-refractivity contribution in [1.29, 1.82) is 0 Å². The quantitative estimate of drug-likeness (QED) is 0.697. The van der Waals surface area contributed by atoms with E-state index >= 15 is 0 Å². The molecule has 0 spiro atoms. The van der Waals surface area contributed by atoms with Crippen molar-refractivity contribution in [3.8, 4) is 0 Å². The topological polar surface area (TPSA) is 96.7 Å². The zero-order valence-corrected chi connectivity index (χ0v) is 11.1. The zero-order chi connectivity index (χ0) is 14.4. The van der Waals surface area contributed by atoms with Gasteiger partial charge in [0.25, 0.3) is 0 Å². The SMILES string of the molecule is O=C(Cn1cc(C(=O)O)cn1)NCCN1CCOCC1. The largest absolute Gasteiger partial charge is 0.478 e. The molecule has 0 aromatic carbocycles. The molecule has 1 aromatic rings. The number of nitrogens with zero attached hydrogens (tertiary/aromatic N) is 3. The molecule has 1 aliphatic heterocycles. The summed E-state index contributed by atoms with van der Waals surface area (Å²) < 4.78 is 6.55. The minimum atomic E-state index is -1.05. The first-order valence-corrected chi connectivity index (χ1v) is 6.47. The molecule has 0 atom stereocenters. The van der Waals surface area contributed by atoms with Gasteiger partial charge in [-0.15, -0.1) is 0 Å². The van der Waals surface area contributed by atoms with Gasteiger partial charge in [-0.25, -0.2) is 4.79 Å². The molecule has 1 saturated heterocycles. The number of rotatable bonds is 6. The van der Waals surface area contributed by atoms with Crippen molar-refractivity contribution < 1.29 is 19.4 Å². The Kier molecular flexibility index (Phi) is 5.08. The monoisotopic (exact) mass is 282 g/mol. The first kappa shape index (κ1) is 14.5. The number of carboxylic acid groups (broad SMARTS) is 1. The number of morpholine rings is 1. The van der Waals surface area contributed by atoms with Gasteiger partial charge in [0.15, 0.2) is 0 Å². The highest BCUT2D eigenvalue weighted by molar-refractivity contribution is 5.87. The molecule has 0 radical (unpaired) electrons. The van der Waals surface area contributed by atoms with Gasteiger partial charge in [-0.3, -0.25) is 14.4 Å². The Morgan fingerprint density at radius 2 is 2.15 bits per heavy atom. The Bertz CT molecular complexity index is 468. The van der Waals surface area contributed by atoms with Crippen molar-refractivity contribution in [2.24, 2.45) is 0 Å². The lowest BCUT2D eigenvalue weighted by atomic mass is 10.4. The molecule has 20 heavy (non-hydrogen) atoms. The fraction of sp³-hybridized carbons (Fsp3) is 0.583. The summed E-state index contributed by atoms with van der Waals surface area (Å²) in [5.74, 6) is -1.23. The number of carbonyl (C=O) groups is 2. The summed E-state index contributed by atoms with van der Waals surface area (Å²) in [6.45, 7) is 4.61. The van der Waals surface area contributed by atoms with E-state index in [4.69, 9.17) is 9.84 Å². The van der Waals surface area contributed by atoms with E-state index in [1.54, 1.807) is 0 Å². The van der Waals surface area contributed by atoms with Crippen molar-refractivity contribution in [2.75, 3.05) is 39.4 Å². The molecule has 0 bridgehead atoms. The first-order chi connectivity index (χ1) is 9.65. The van der Waals surface area contributed by atoms with E-state index in [1.165, 1.54) is 17.1 Å². The van der Waals surface area contributed by atoms with Crippen LogP contribution in [0.15, 0.2) is 12.4 Å². The fourth-order valence-electron chi connectivity index (χ4n) is 1.94. The third kappa shape index (κ3) is 4.32. The van der Waals surface area contributed by atoms with Crippen LogP contribution < -0.4 is 5.32 Å². The Morgan fingerprint density at radius 1 is 1.40 bits per heavy atom. The highest BCUT2D eigenvalue weighted by Gasteiger charge is 2.11. The van der Waals surface area contributed by atoms with Crippen LogP contribution in [-0.2, 0) is 16.1 Å². The van der Waals surface area contributed by atoms with Gasteiger partial charge in [0.1, 0.15) is 6.54 Å². The smallest absolute Gasteiger partial charge is 0.338 e. The lowest BCUT2D eigenvalue weighted by Crippen LogP contribution is -2.41. The molecular formula is C12H18N4O4. The van der Waals surface area contributed by atoms with E-state index in [2.05, 4.69) is 15.3 Å². The van der Waals surface area contributed by atoms with Crippen LogP contribution in [0.2, 0.25) is 0 Å². The second-order valence-electron chi connectivity index (χ2n) is 4.54. The third-order valence-corrected chi connectivity index (χ3v) is 3.04. The molecule has 1 fully saturated rings. The normalized spacial score (nSPS) is 16.0. The van der Waals surface area contributed by atoms with E-state index in [9.17, 15) is 9.59 Å². The second kappa shape index (κ2) is 7.01. The van der Waals surface area contributed by atoms with Gasteiger partial charge in [0, 0.05) is 32.4 Å².